The molecule has 36 heavy (non-hydrogen) atoms. The van der Waals surface area contributed by atoms with E-state index in [4.69, 9.17) is 4.74 Å². The summed E-state index contributed by atoms with van der Waals surface area (Å²) < 4.78 is 5.11. The van der Waals surface area contributed by atoms with Gasteiger partial charge in [-0.25, -0.2) is 4.79 Å². The van der Waals surface area contributed by atoms with Crippen LogP contribution in [0, 0.1) is 11.3 Å². The number of nitrogens with zero attached hydrogens (tertiary/aromatic N) is 1. The van der Waals surface area contributed by atoms with Crippen molar-refractivity contribution in [3.63, 3.8) is 0 Å². The Kier molecular flexibility index (Phi) is 11.4. The molecule has 0 saturated heterocycles. The average molecular weight is 502 g/mol. The van der Waals surface area contributed by atoms with Crippen molar-refractivity contribution in [2.75, 3.05) is 20.7 Å². The lowest BCUT2D eigenvalue weighted by Gasteiger charge is -2.40. The lowest BCUT2D eigenvalue weighted by atomic mass is 9.76. The van der Waals surface area contributed by atoms with Gasteiger partial charge in [0, 0.05) is 18.0 Å². The minimum Gasteiger partial charge on any atom is -0.463 e. The Morgan fingerprint density at radius 1 is 1.03 bits per heavy atom. The van der Waals surface area contributed by atoms with E-state index in [0.29, 0.717) is 5.57 Å². The molecule has 0 aliphatic carbocycles. The highest BCUT2D eigenvalue weighted by molar-refractivity contribution is 5.92. The first-order valence-electron chi connectivity index (χ1n) is 12.7. The van der Waals surface area contributed by atoms with Crippen molar-refractivity contribution in [3.8, 4) is 0 Å². The first kappa shape index (κ1) is 31.4. The van der Waals surface area contributed by atoms with Crippen molar-refractivity contribution in [2.24, 2.45) is 11.3 Å². The number of esters is 1. The monoisotopic (exact) mass is 501 g/mol. The van der Waals surface area contributed by atoms with Crippen molar-refractivity contribution < 1.29 is 19.1 Å². The molecule has 0 aliphatic rings. The zero-order valence-corrected chi connectivity index (χ0v) is 24.1. The summed E-state index contributed by atoms with van der Waals surface area (Å²) in [5.41, 5.74) is 0.413. The van der Waals surface area contributed by atoms with Gasteiger partial charge in [-0.2, -0.15) is 0 Å². The Labute approximate surface area is 218 Å². The molecule has 0 radical (unpaired) electrons. The van der Waals surface area contributed by atoms with E-state index in [1.54, 1.807) is 38.9 Å². The lowest BCUT2D eigenvalue weighted by molar-refractivity contribution is -0.141. The number of likely N-dealkylation sites (N-methyl/N-ethyl adjacent to an activating group) is 2. The third kappa shape index (κ3) is 7.92. The summed E-state index contributed by atoms with van der Waals surface area (Å²) in [7, 11) is 3.48. The molecule has 0 saturated carbocycles. The van der Waals surface area contributed by atoms with Crippen LogP contribution in [0.1, 0.15) is 67.9 Å². The molecule has 202 valence electrons. The summed E-state index contributed by atoms with van der Waals surface area (Å²) in [5, 5.41) is 6.21. The first-order valence-corrected chi connectivity index (χ1v) is 12.7. The predicted molar refractivity (Wildman–Crippen MR) is 145 cm³/mol. The van der Waals surface area contributed by atoms with Crippen molar-refractivity contribution in [3.05, 3.63) is 47.5 Å². The van der Waals surface area contributed by atoms with E-state index in [9.17, 15) is 14.4 Å². The molecule has 7 nitrogen and oxygen atoms in total. The minimum absolute atomic E-state index is 0.0433. The summed E-state index contributed by atoms with van der Waals surface area (Å²) in [4.78, 5) is 41.2. The Hall–Kier alpha value is -2.67. The molecule has 3 atom stereocenters. The molecule has 2 amide bonds. The maximum absolute atomic E-state index is 13.8. The molecule has 7 heteroatoms. The fourth-order valence-corrected chi connectivity index (χ4v) is 4.40. The first-order chi connectivity index (χ1) is 16.6. The van der Waals surface area contributed by atoms with E-state index < -0.39 is 28.9 Å². The second kappa shape index (κ2) is 13.0. The number of nitrogens with one attached hydrogen (secondary N) is 2. The van der Waals surface area contributed by atoms with Gasteiger partial charge < -0.3 is 20.3 Å². The smallest absolute Gasteiger partial charge is 0.333 e. The SMILES string of the molecule is CCOC(=O)/C(C)=C/[C@H](C(C)C)N(C)C(=O)[C@H](NC(=O)[C@@H](NC)C(C)(C)c1ccccc1)C(C)(C)C. The molecule has 0 heterocycles. The van der Waals surface area contributed by atoms with Crippen LogP contribution in [0.3, 0.4) is 0 Å². The third-order valence-corrected chi connectivity index (χ3v) is 6.69. The molecule has 0 unspecified atom stereocenters. The van der Waals surface area contributed by atoms with Crippen LogP contribution in [0.25, 0.3) is 0 Å². The summed E-state index contributed by atoms with van der Waals surface area (Å²) in [6.45, 7) is 17.6. The number of hydrogen-bond acceptors (Lipinski definition) is 5. The molecule has 0 spiro atoms. The van der Waals surface area contributed by atoms with E-state index in [-0.39, 0.29) is 30.4 Å². The van der Waals surface area contributed by atoms with Crippen LogP contribution in [0.4, 0.5) is 0 Å². The standard InChI is InChI=1S/C29H47N3O4/c1-12-36-27(35)20(4)18-22(19(2)3)32(11)26(34)24(28(5,6)7)31-25(33)23(30-10)29(8,9)21-16-14-13-15-17-21/h13-19,22-24,30H,12H2,1-11H3,(H,31,33)/b20-18+/t22-,23-,24+/m1/s1. The van der Waals surface area contributed by atoms with E-state index >= 15 is 0 Å². The van der Waals surface area contributed by atoms with Gasteiger partial charge in [-0.15, -0.1) is 0 Å². The zero-order valence-electron chi connectivity index (χ0n) is 24.1. The van der Waals surface area contributed by atoms with Gasteiger partial charge in [0.15, 0.2) is 0 Å². The highest BCUT2D eigenvalue weighted by Crippen LogP contribution is 2.29. The fourth-order valence-electron chi connectivity index (χ4n) is 4.40. The van der Waals surface area contributed by atoms with Crippen LogP contribution in [-0.4, -0.2) is 61.5 Å². The largest absolute Gasteiger partial charge is 0.463 e. The molecule has 1 rings (SSSR count). The number of ether oxygens (including phenoxy) is 1. The van der Waals surface area contributed by atoms with Gasteiger partial charge in [-0.3, -0.25) is 9.59 Å². The normalized spacial score (nSPS) is 15.2. The molecule has 0 aromatic heterocycles. The molecular formula is C29H47N3O4. The topological polar surface area (TPSA) is 87.7 Å². The number of amides is 2. The summed E-state index contributed by atoms with van der Waals surface area (Å²) in [6, 6.07) is 8.19. The molecule has 0 fully saturated rings. The van der Waals surface area contributed by atoms with Crippen molar-refractivity contribution in [1.82, 2.24) is 15.5 Å². The second-order valence-corrected chi connectivity index (χ2v) is 11.4. The van der Waals surface area contributed by atoms with Gasteiger partial charge in [0.1, 0.15) is 6.04 Å². The van der Waals surface area contributed by atoms with E-state index in [1.807, 2.05) is 78.8 Å². The Bertz CT molecular complexity index is 916. The van der Waals surface area contributed by atoms with Gasteiger partial charge in [-0.05, 0) is 37.8 Å². The van der Waals surface area contributed by atoms with Crippen LogP contribution in [0.15, 0.2) is 42.0 Å². The number of rotatable bonds is 11. The molecule has 2 N–H and O–H groups in total. The Morgan fingerprint density at radius 3 is 2.03 bits per heavy atom. The molecular weight excluding hydrogens is 454 g/mol. The Balaban J connectivity index is 3.28. The quantitative estimate of drug-likeness (QED) is 0.352. The fraction of sp³-hybridized carbons (Fsp3) is 0.621. The maximum Gasteiger partial charge on any atom is 0.333 e. The number of benzene rings is 1. The van der Waals surface area contributed by atoms with Crippen LogP contribution < -0.4 is 10.6 Å². The highest BCUT2D eigenvalue weighted by Gasteiger charge is 2.41. The van der Waals surface area contributed by atoms with Crippen molar-refractivity contribution >= 4 is 17.8 Å². The van der Waals surface area contributed by atoms with Crippen LogP contribution >= 0.6 is 0 Å². The molecule has 1 aromatic rings. The third-order valence-electron chi connectivity index (χ3n) is 6.69. The molecule has 0 aliphatic heterocycles. The summed E-state index contributed by atoms with van der Waals surface area (Å²) >= 11 is 0. The molecule has 0 bridgehead atoms. The lowest BCUT2D eigenvalue weighted by Crippen LogP contribution is -2.61. The number of carbonyl (C=O) groups excluding carboxylic acids is 3. The van der Waals surface area contributed by atoms with Gasteiger partial charge in [-0.1, -0.05) is 84.9 Å². The number of hydrogen-bond donors (Lipinski definition) is 2. The van der Waals surface area contributed by atoms with E-state index in [2.05, 4.69) is 10.6 Å². The summed E-state index contributed by atoms with van der Waals surface area (Å²) in [5.74, 6) is -0.811. The van der Waals surface area contributed by atoms with Crippen molar-refractivity contribution in [1.29, 1.82) is 0 Å². The Morgan fingerprint density at radius 2 is 1.58 bits per heavy atom. The average Bonchev–Trinajstić information content (AvgIpc) is 2.80. The zero-order chi connectivity index (χ0) is 27.8. The molecule has 1 aromatic carbocycles. The second-order valence-electron chi connectivity index (χ2n) is 11.4. The number of carbonyl (C=O) groups is 3. The predicted octanol–water partition coefficient (Wildman–Crippen LogP) is 4.08. The van der Waals surface area contributed by atoms with Crippen molar-refractivity contribution in [2.45, 2.75) is 85.9 Å². The maximum atomic E-state index is 13.8. The highest BCUT2D eigenvalue weighted by atomic mass is 16.5. The van der Waals surface area contributed by atoms with Crippen LogP contribution in [-0.2, 0) is 24.5 Å². The van der Waals surface area contributed by atoms with Crippen LogP contribution in [0.5, 0.6) is 0 Å². The summed E-state index contributed by atoms with van der Waals surface area (Å²) in [6.07, 6.45) is 1.77. The van der Waals surface area contributed by atoms with E-state index in [0.717, 1.165) is 5.56 Å². The van der Waals surface area contributed by atoms with E-state index in [1.165, 1.54) is 0 Å². The van der Waals surface area contributed by atoms with Crippen LogP contribution in [0.2, 0.25) is 0 Å². The van der Waals surface area contributed by atoms with Gasteiger partial charge >= 0.3 is 5.97 Å². The van der Waals surface area contributed by atoms with Gasteiger partial charge in [0.05, 0.1) is 18.7 Å². The van der Waals surface area contributed by atoms with Gasteiger partial charge in [0.25, 0.3) is 0 Å². The minimum atomic E-state index is -0.769. The van der Waals surface area contributed by atoms with Gasteiger partial charge in [0.2, 0.25) is 11.8 Å².